The van der Waals surface area contributed by atoms with E-state index < -0.39 is 41.6 Å². The van der Waals surface area contributed by atoms with Crippen molar-refractivity contribution in [2.45, 2.75) is 62.8 Å². The number of thioether (sulfide) groups is 1. The number of rotatable bonds is 9. The molecule has 0 amide bonds. The summed E-state index contributed by atoms with van der Waals surface area (Å²) >= 11 is 0.760. The summed E-state index contributed by atoms with van der Waals surface area (Å²) in [6.07, 6.45) is -8.47. The van der Waals surface area contributed by atoms with Crippen molar-refractivity contribution in [1.29, 1.82) is 0 Å². The Morgan fingerprint density at radius 2 is 1.57 bits per heavy atom. The van der Waals surface area contributed by atoms with Gasteiger partial charge < -0.3 is 5.11 Å². The Balaban J connectivity index is 4.69. The van der Waals surface area contributed by atoms with Crippen molar-refractivity contribution in [1.82, 2.24) is 0 Å². The van der Waals surface area contributed by atoms with Gasteiger partial charge in [0.15, 0.2) is 0 Å². The lowest BCUT2D eigenvalue weighted by atomic mass is 9.98. The van der Waals surface area contributed by atoms with E-state index in [1.54, 1.807) is 13.8 Å². The molecule has 0 fully saturated rings. The number of hydrogen-bond donors (Lipinski definition) is 1. The third-order valence-corrected chi connectivity index (χ3v) is 4.59. The van der Waals surface area contributed by atoms with Crippen LogP contribution in [0, 0.1) is 5.92 Å². The van der Waals surface area contributed by atoms with E-state index in [-0.39, 0.29) is 18.1 Å². The van der Waals surface area contributed by atoms with Gasteiger partial charge in [0.2, 0.25) is 0 Å². The lowest BCUT2D eigenvalue weighted by Gasteiger charge is -2.29. The molecule has 23 heavy (non-hydrogen) atoms. The first-order chi connectivity index (χ1) is 10.1. The van der Waals surface area contributed by atoms with Gasteiger partial charge in [-0.05, 0) is 31.4 Å². The minimum Gasteiger partial charge on any atom is -0.480 e. The Morgan fingerprint density at radius 1 is 1.09 bits per heavy atom. The van der Waals surface area contributed by atoms with Crippen molar-refractivity contribution in [3.63, 3.8) is 0 Å². The highest BCUT2D eigenvalue weighted by Crippen LogP contribution is 2.48. The molecule has 0 aliphatic carbocycles. The highest BCUT2D eigenvalue weighted by atomic mass is 32.2. The van der Waals surface area contributed by atoms with Crippen LogP contribution in [-0.4, -0.2) is 39.6 Å². The molecule has 0 radical (unpaired) electrons. The van der Waals surface area contributed by atoms with E-state index in [4.69, 9.17) is 5.11 Å². The molecule has 138 valence electrons. The van der Waals surface area contributed by atoms with Crippen molar-refractivity contribution >= 4 is 17.7 Å². The number of carboxylic acids is 1. The number of carboxylic acid groups (broad SMARTS) is 1. The number of alkyl halides is 7. The highest BCUT2D eigenvalue weighted by Gasteiger charge is 2.72. The van der Waals surface area contributed by atoms with Crippen molar-refractivity contribution in [3.8, 4) is 0 Å². The SMILES string of the molecule is CC(C)CC(C)(SCCCC(F)(F)C(F)(F)C(F)(F)F)C(=O)O. The maximum atomic E-state index is 13.1. The zero-order valence-electron chi connectivity index (χ0n) is 12.8. The zero-order valence-corrected chi connectivity index (χ0v) is 13.6. The van der Waals surface area contributed by atoms with Crippen LogP contribution in [0.3, 0.4) is 0 Å². The molecule has 10 heteroatoms. The highest BCUT2D eigenvalue weighted by molar-refractivity contribution is 8.01. The van der Waals surface area contributed by atoms with Gasteiger partial charge in [0, 0.05) is 6.42 Å². The van der Waals surface area contributed by atoms with E-state index in [9.17, 15) is 35.5 Å². The van der Waals surface area contributed by atoms with Crippen LogP contribution < -0.4 is 0 Å². The van der Waals surface area contributed by atoms with Crippen LogP contribution >= 0.6 is 11.8 Å². The maximum Gasteiger partial charge on any atom is 0.459 e. The molecule has 0 rings (SSSR count). The number of aliphatic carboxylic acids is 1. The van der Waals surface area contributed by atoms with Gasteiger partial charge in [-0.25, -0.2) is 0 Å². The third kappa shape index (κ3) is 5.72. The van der Waals surface area contributed by atoms with Crippen LogP contribution in [-0.2, 0) is 4.79 Å². The summed E-state index contributed by atoms with van der Waals surface area (Å²) in [7, 11) is 0. The lowest BCUT2D eigenvalue weighted by Crippen LogP contribution is -2.51. The summed E-state index contributed by atoms with van der Waals surface area (Å²) in [6, 6.07) is 0. The van der Waals surface area contributed by atoms with E-state index >= 15 is 0 Å². The molecule has 1 N–H and O–H groups in total. The van der Waals surface area contributed by atoms with Crippen molar-refractivity contribution in [2.24, 2.45) is 5.92 Å². The van der Waals surface area contributed by atoms with E-state index in [1.165, 1.54) is 6.92 Å². The van der Waals surface area contributed by atoms with Crippen LogP contribution in [0.5, 0.6) is 0 Å². The van der Waals surface area contributed by atoms with Crippen LogP contribution in [0.15, 0.2) is 0 Å². The van der Waals surface area contributed by atoms with E-state index in [2.05, 4.69) is 0 Å². The van der Waals surface area contributed by atoms with Crippen LogP contribution in [0.2, 0.25) is 0 Å². The Hall–Kier alpha value is -0.670. The summed E-state index contributed by atoms with van der Waals surface area (Å²) in [4.78, 5) is 11.2. The van der Waals surface area contributed by atoms with E-state index in [1.807, 2.05) is 0 Å². The summed E-state index contributed by atoms with van der Waals surface area (Å²) in [6.45, 7) is 4.86. The molecule has 0 spiro atoms. The van der Waals surface area contributed by atoms with Crippen molar-refractivity contribution in [3.05, 3.63) is 0 Å². The monoisotopic (exact) mass is 372 g/mol. The Bertz CT molecular complexity index is 410. The smallest absolute Gasteiger partial charge is 0.459 e. The number of hydrogen-bond acceptors (Lipinski definition) is 2. The predicted molar refractivity (Wildman–Crippen MR) is 73.1 cm³/mol. The number of halogens is 7. The van der Waals surface area contributed by atoms with E-state index in [0.717, 1.165) is 11.8 Å². The molecule has 1 atom stereocenters. The maximum absolute atomic E-state index is 13.1. The van der Waals surface area contributed by atoms with Gasteiger partial charge in [0.25, 0.3) is 0 Å². The fourth-order valence-electron chi connectivity index (χ4n) is 1.94. The van der Waals surface area contributed by atoms with Crippen LogP contribution in [0.25, 0.3) is 0 Å². The Morgan fingerprint density at radius 3 is 1.91 bits per heavy atom. The van der Waals surface area contributed by atoms with Gasteiger partial charge in [-0.1, -0.05) is 13.8 Å². The first-order valence-electron chi connectivity index (χ1n) is 6.76. The first-order valence-corrected chi connectivity index (χ1v) is 7.75. The van der Waals surface area contributed by atoms with Gasteiger partial charge in [0.05, 0.1) is 0 Å². The Kier molecular flexibility index (Phi) is 7.26. The third-order valence-electron chi connectivity index (χ3n) is 3.12. The summed E-state index contributed by atoms with van der Waals surface area (Å²) in [5, 5.41) is 9.14. The second-order valence-electron chi connectivity index (χ2n) is 5.86. The van der Waals surface area contributed by atoms with Gasteiger partial charge in [-0.15, -0.1) is 11.8 Å². The van der Waals surface area contributed by atoms with Gasteiger partial charge in [-0.2, -0.15) is 30.7 Å². The zero-order chi connectivity index (χ0) is 18.7. The van der Waals surface area contributed by atoms with Gasteiger partial charge >= 0.3 is 24.0 Å². The van der Waals surface area contributed by atoms with Crippen LogP contribution in [0.4, 0.5) is 30.7 Å². The molecular weight excluding hydrogens is 353 g/mol. The molecule has 0 aliphatic heterocycles. The molecule has 0 aromatic carbocycles. The van der Waals surface area contributed by atoms with Crippen molar-refractivity contribution < 1.29 is 40.6 Å². The fraction of sp³-hybridized carbons (Fsp3) is 0.923. The fourth-order valence-corrected chi connectivity index (χ4v) is 3.26. The van der Waals surface area contributed by atoms with Gasteiger partial charge in [-0.3, -0.25) is 4.79 Å². The molecule has 0 heterocycles. The molecule has 0 aromatic rings. The second-order valence-corrected chi connectivity index (χ2v) is 7.46. The number of carbonyl (C=O) groups is 1. The molecule has 0 saturated carbocycles. The standard InChI is InChI=1S/C13H19F7O2S/c1-8(2)7-10(3,9(21)22)23-6-4-5-11(14,15)12(16,17)13(18,19)20/h8H,4-7H2,1-3H3,(H,21,22). The topological polar surface area (TPSA) is 37.3 Å². The lowest BCUT2D eigenvalue weighted by molar-refractivity contribution is -0.355. The molecule has 0 saturated heterocycles. The molecule has 0 bridgehead atoms. The van der Waals surface area contributed by atoms with Crippen molar-refractivity contribution in [2.75, 3.05) is 5.75 Å². The molecular formula is C13H19F7O2S. The Labute approximate surface area is 133 Å². The largest absolute Gasteiger partial charge is 0.480 e. The van der Waals surface area contributed by atoms with E-state index in [0.29, 0.717) is 0 Å². The molecule has 2 nitrogen and oxygen atoms in total. The minimum atomic E-state index is -6.34. The molecule has 0 aliphatic rings. The van der Waals surface area contributed by atoms with Gasteiger partial charge in [0.1, 0.15) is 4.75 Å². The average Bonchev–Trinajstić information content (AvgIpc) is 2.32. The predicted octanol–water partition coefficient (Wildman–Crippen LogP) is 5.22. The summed E-state index contributed by atoms with van der Waals surface area (Å²) in [5.74, 6) is -12.8. The average molecular weight is 372 g/mol. The minimum absolute atomic E-state index is 0.0143. The summed E-state index contributed by atoms with van der Waals surface area (Å²) in [5.41, 5.74) is 0. The van der Waals surface area contributed by atoms with Crippen LogP contribution in [0.1, 0.15) is 40.0 Å². The molecule has 0 aromatic heterocycles. The first kappa shape index (κ1) is 22.3. The quantitative estimate of drug-likeness (QED) is 0.445. The molecule has 1 unspecified atom stereocenters. The summed E-state index contributed by atoms with van der Waals surface area (Å²) < 4.78 is 86.2. The normalized spacial score (nSPS) is 16.5. The second kappa shape index (κ2) is 7.48.